The first-order valence-electron chi connectivity index (χ1n) is 13.4. The van der Waals surface area contributed by atoms with E-state index in [-0.39, 0.29) is 49.7 Å². The minimum Gasteiger partial charge on any atom is -0.381 e. The minimum absolute atomic E-state index is 0.0707. The molecule has 2 aromatic carbocycles. The molecule has 3 heterocycles. The molecule has 0 bridgehead atoms. The Kier molecular flexibility index (Phi) is 8.45. The van der Waals surface area contributed by atoms with E-state index in [4.69, 9.17) is 27.9 Å². The summed E-state index contributed by atoms with van der Waals surface area (Å²) in [5.41, 5.74) is 2.87. The second kappa shape index (κ2) is 11.7. The molecular formula is C29H31Cl2F3N2O3. The van der Waals surface area contributed by atoms with Crippen LogP contribution in [0.2, 0.25) is 10.0 Å². The molecule has 2 aromatic rings. The predicted octanol–water partition coefficient (Wildman–Crippen LogP) is 6.64. The second-order valence-electron chi connectivity index (χ2n) is 10.7. The first-order chi connectivity index (χ1) is 18.6. The van der Waals surface area contributed by atoms with Crippen LogP contribution in [0.3, 0.4) is 0 Å². The Labute approximate surface area is 236 Å². The molecule has 0 N–H and O–H groups in total. The van der Waals surface area contributed by atoms with Gasteiger partial charge in [0, 0.05) is 60.2 Å². The molecule has 0 aromatic heterocycles. The van der Waals surface area contributed by atoms with Crippen LogP contribution in [0.4, 0.5) is 13.2 Å². The molecule has 0 saturated carbocycles. The van der Waals surface area contributed by atoms with Gasteiger partial charge in [-0.25, -0.2) is 0 Å². The van der Waals surface area contributed by atoms with Gasteiger partial charge in [-0.1, -0.05) is 35.3 Å². The number of carbonyl (C=O) groups is 2. The second-order valence-corrected chi connectivity index (χ2v) is 11.5. The van der Waals surface area contributed by atoms with Crippen LogP contribution in [0.15, 0.2) is 36.4 Å². The Bertz CT molecular complexity index is 1190. The zero-order valence-corrected chi connectivity index (χ0v) is 23.0. The number of carbonyl (C=O) groups excluding carboxylic acids is 2. The molecule has 2 atom stereocenters. The molecule has 3 fully saturated rings. The number of ether oxygens (including phenoxy) is 1. The number of halogens is 5. The van der Waals surface area contributed by atoms with Gasteiger partial charge in [0.15, 0.2) is 0 Å². The molecule has 2 amide bonds. The van der Waals surface area contributed by atoms with Gasteiger partial charge < -0.3 is 14.5 Å². The Hall–Kier alpha value is -2.29. The maximum atomic E-state index is 13.0. The lowest BCUT2D eigenvalue weighted by Gasteiger charge is -2.38. The number of hydrogen-bond acceptors (Lipinski definition) is 3. The topological polar surface area (TPSA) is 49.9 Å². The van der Waals surface area contributed by atoms with Crippen LogP contribution in [0.1, 0.15) is 48.0 Å². The molecule has 39 heavy (non-hydrogen) atoms. The van der Waals surface area contributed by atoms with E-state index < -0.39 is 12.1 Å². The zero-order chi connectivity index (χ0) is 27.7. The van der Waals surface area contributed by atoms with Gasteiger partial charge >= 0.3 is 6.18 Å². The van der Waals surface area contributed by atoms with Crippen LogP contribution in [0.25, 0.3) is 11.1 Å². The van der Waals surface area contributed by atoms with Crippen LogP contribution in [-0.4, -0.2) is 66.7 Å². The lowest BCUT2D eigenvalue weighted by Crippen LogP contribution is -2.47. The van der Waals surface area contributed by atoms with Crippen molar-refractivity contribution in [2.75, 3.05) is 32.8 Å². The standard InChI is InChI=1S/C29H31Cl2F3N2O3/c30-24-15-20(16-25(31)23(24)14-21-17-39-13-9-26(21)36-10-1-2-27(36)37)18-3-5-19(6-4-18)28(38)35-11-7-22(8-12-35)29(32,33)34/h3-6,15-16,21-22,26H,1-2,7-14,17H2/t21-,26?/m1/s1. The number of alkyl halides is 3. The molecule has 10 heteroatoms. The van der Waals surface area contributed by atoms with Gasteiger partial charge in [-0.3, -0.25) is 9.59 Å². The zero-order valence-electron chi connectivity index (χ0n) is 21.5. The average Bonchev–Trinajstić information content (AvgIpc) is 3.35. The van der Waals surface area contributed by atoms with Gasteiger partial charge in [0.25, 0.3) is 5.91 Å². The van der Waals surface area contributed by atoms with E-state index in [0.717, 1.165) is 36.1 Å². The summed E-state index contributed by atoms with van der Waals surface area (Å²) < 4.78 is 44.6. The van der Waals surface area contributed by atoms with Crippen LogP contribution >= 0.6 is 23.2 Å². The highest BCUT2D eigenvalue weighted by molar-refractivity contribution is 6.36. The maximum absolute atomic E-state index is 13.0. The van der Waals surface area contributed by atoms with Gasteiger partial charge in [0.05, 0.1) is 12.5 Å². The smallest absolute Gasteiger partial charge is 0.381 e. The summed E-state index contributed by atoms with van der Waals surface area (Å²) in [5, 5.41) is 1.06. The van der Waals surface area contributed by atoms with Crippen LogP contribution < -0.4 is 0 Å². The number of piperidine rings is 1. The normalized spacial score (nSPS) is 22.9. The van der Waals surface area contributed by atoms with E-state index in [1.165, 1.54) is 4.90 Å². The monoisotopic (exact) mass is 582 g/mol. The third-order valence-corrected chi connectivity index (χ3v) is 8.94. The predicted molar refractivity (Wildman–Crippen MR) is 144 cm³/mol. The molecule has 210 valence electrons. The summed E-state index contributed by atoms with van der Waals surface area (Å²) >= 11 is 13.4. The minimum atomic E-state index is -4.21. The van der Waals surface area contributed by atoms with Gasteiger partial charge in [0.1, 0.15) is 0 Å². The van der Waals surface area contributed by atoms with E-state index in [9.17, 15) is 22.8 Å². The first kappa shape index (κ1) is 28.2. The molecular weight excluding hydrogens is 552 g/mol. The van der Waals surface area contributed by atoms with Crippen LogP contribution in [0, 0.1) is 11.8 Å². The molecule has 0 spiro atoms. The Morgan fingerprint density at radius 3 is 2.23 bits per heavy atom. The quantitative estimate of drug-likeness (QED) is 0.397. The molecule has 1 unspecified atom stereocenters. The Balaban J connectivity index is 1.27. The lowest BCUT2D eigenvalue weighted by atomic mass is 9.87. The summed E-state index contributed by atoms with van der Waals surface area (Å²) in [5.74, 6) is -1.31. The fraction of sp³-hybridized carbons (Fsp3) is 0.517. The number of nitrogens with zero attached hydrogens (tertiary/aromatic N) is 2. The van der Waals surface area contributed by atoms with E-state index in [1.807, 2.05) is 17.0 Å². The van der Waals surface area contributed by atoms with E-state index in [2.05, 4.69) is 0 Å². The Morgan fingerprint density at radius 2 is 1.64 bits per heavy atom. The van der Waals surface area contributed by atoms with Gasteiger partial charge in [-0.15, -0.1) is 0 Å². The van der Waals surface area contributed by atoms with Crippen molar-refractivity contribution in [3.8, 4) is 11.1 Å². The number of likely N-dealkylation sites (tertiary alicyclic amines) is 2. The van der Waals surface area contributed by atoms with Crippen molar-refractivity contribution >= 4 is 35.0 Å². The van der Waals surface area contributed by atoms with E-state index in [1.54, 1.807) is 24.3 Å². The molecule has 5 rings (SSSR count). The molecule has 0 aliphatic carbocycles. The highest BCUT2D eigenvalue weighted by atomic mass is 35.5. The van der Waals surface area contributed by atoms with E-state index >= 15 is 0 Å². The highest BCUT2D eigenvalue weighted by Gasteiger charge is 2.42. The highest BCUT2D eigenvalue weighted by Crippen LogP contribution is 2.37. The SMILES string of the molecule is O=C(c1ccc(-c2cc(Cl)c(C[C@@H]3COCCC3N3CCCC3=O)c(Cl)c2)cc1)N1CCC(C(F)(F)F)CC1. The van der Waals surface area contributed by atoms with Gasteiger partial charge in [-0.05, 0) is 73.1 Å². The van der Waals surface area contributed by atoms with Gasteiger partial charge in [-0.2, -0.15) is 13.2 Å². The summed E-state index contributed by atoms with van der Waals surface area (Å²) in [7, 11) is 0. The van der Waals surface area contributed by atoms with Crippen molar-refractivity contribution in [3.05, 3.63) is 57.6 Å². The summed E-state index contributed by atoms with van der Waals surface area (Å²) in [6.45, 7) is 2.15. The first-order valence-corrected chi connectivity index (χ1v) is 14.2. The number of hydrogen-bond donors (Lipinski definition) is 0. The van der Waals surface area contributed by atoms with Crippen LogP contribution in [0.5, 0.6) is 0 Å². The number of benzene rings is 2. The van der Waals surface area contributed by atoms with Crippen molar-refractivity contribution in [1.29, 1.82) is 0 Å². The van der Waals surface area contributed by atoms with Crippen molar-refractivity contribution in [2.24, 2.45) is 11.8 Å². The summed E-state index contributed by atoms with van der Waals surface area (Å²) in [4.78, 5) is 28.7. The molecule has 3 aliphatic heterocycles. The molecule has 0 radical (unpaired) electrons. The van der Waals surface area contributed by atoms with Crippen molar-refractivity contribution < 1.29 is 27.5 Å². The van der Waals surface area contributed by atoms with Gasteiger partial charge in [0.2, 0.25) is 5.91 Å². The summed E-state index contributed by atoms with van der Waals surface area (Å²) in [6, 6.07) is 10.8. The van der Waals surface area contributed by atoms with Crippen molar-refractivity contribution in [2.45, 2.75) is 50.7 Å². The lowest BCUT2D eigenvalue weighted by molar-refractivity contribution is -0.183. The van der Waals surface area contributed by atoms with E-state index in [0.29, 0.717) is 41.7 Å². The molecule has 3 saturated heterocycles. The van der Waals surface area contributed by atoms with Crippen LogP contribution in [-0.2, 0) is 16.0 Å². The Morgan fingerprint density at radius 1 is 0.974 bits per heavy atom. The third-order valence-electron chi connectivity index (χ3n) is 8.26. The fourth-order valence-electron chi connectivity index (χ4n) is 6.04. The molecule has 3 aliphatic rings. The number of amides is 2. The average molecular weight is 583 g/mol. The third kappa shape index (κ3) is 6.23. The fourth-order valence-corrected chi connectivity index (χ4v) is 6.68. The maximum Gasteiger partial charge on any atom is 0.391 e. The summed E-state index contributed by atoms with van der Waals surface area (Å²) in [6.07, 6.45) is -1.47. The van der Waals surface area contributed by atoms with Crippen molar-refractivity contribution in [1.82, 2.24) is 9.80 Å². The van der Waals surface area contributed by atoms with Crippen molar-refractivity contribution in [3.63, 3.8) is 0 Å². The largest absolute Gasteiger partial charge is 0.391 e. The molecule has 5 nitrogen and oxygen atoms in total. The number of rotatable bonds is 5.